The predicted octanol–water partition coefficient (Wildman–Crippen LogP) is 4.30. The maximum absolute atomic E-state index is 9.37. The zero-order valence-electron chi connectivity index (χ0n) is 12.3. The van der Waals surface area contributed by atoms with Crippen molar-refractivity contribution in [2.75, 3.05) is 7.11 Å². The van der Waals surface area contributed by atoms with Crippen LogP contribution < -0.4 is 10.1 Å². The fraction of sp³-hybridized carbons (Fsp3) is 0.294. The summed E-state index contributed by atoms with van der Waals surface area (Å²) >= 11 is 6.25. The molecule has 21 heavy (non-hydrogen) atoms. The van der Waals surface area contributed by atoms with E-state index in [1.165, 1.54) is 0 Å². The summed E-state index contributed by atoms with van der Waals surface area (Å²) in [5, 5.41) is 13.6. The van der Waals surface area contributed by atoms with Gasteiger partial charge in [0.25, 0.3) is 0 Å². The zero-order valence-corrected chi connectivity index (χ0v) is 13.0. The van der Waals surface area contributed by atoms with Crippen LogP contribution >= 0.6 is 11.6 Å². The lowest BCUT2D eigenvalue weighted by Crippen LogP contribution is -2.20. The van der Waals surface area contributed by atoms with E-state index in [4.69, 9.17) is 16.3 Å². The van der Waals surface area contributed by atoms with Crippen molar-refractivity contribution in [1.29, 1.82) is 0 Å². The van der Waals surface area contributed by atoms with Gasteiger partial charge in [-0.05, 0) is 36.2 Å². The fourth-order valence-corrected chi connectivity index (χ4v) is 2.56. The first-order valence-corrected chi connectivity index (χ1v) is 7.37. The van der Waals surface area contributed by atoms with Gasteiger partial charge in [0.05, 0.1) is 7.11 Å². The highest BCUT2D eigenvalue weighted by molar-refractivity contribution is 6.31. The Bertz CT molecular complexity index is 584. The van der Waals surface area contributed by atoms with Crippen molar-refractivity contribution in [3.05, 3.63) is 58.6 Å². The quantitative estimate of drug-likeness (QED) is 0.836. The Labute approximate surface area is 130 Å². The standard InChI is InChI=1S/C17H20ClNO2/c1-3-16(12-7-9-13(20)10-8-12)19-11-14-15(18)5-4-6-17(14)21-2/h4-10,16,19-20H,3,11H2,1-2H3. The van der Waals surface area contributed by atoms with E-state index >= 15 is 0 Å². The molecular weight excluding hydrogens is 286 g/mol. The third-order valence-electron chi connectivity index (χ3n) is 3.52. The maximum Gasteiger partial charge on any atom is 0.124 e. The Morgan fingerprint density at radius 1 is 1.19 bits per heavy atom. The van der Waals surface area contributed by atoms with Crippen LogP contribution in [0.3, 0.4) is 0 Å². The highest BCUT2D eigenvalue weighted by Crippen LogP contribution is 2.27. The number of phenolic OH excluding ortho intramolecular Hbond substituents is 1. The summed E-state index contributed by atoms with van der Waals surface area (Å²) in [7, 11) is 1.65. The smallest absolute Gasteiger partial charge is 0.124 e. The Balaban J connectivity index is 2.12. The van der Waals surface area contributed by atoms with Gasteiger partial charge in [0.15, 0.2) is 0 Å². The number of hydrogen-bond acceptors (Lipinski definition) is 3. The molecule has 0 heterocycles. The van der Waals surface area contributed by atoms with Gasteiger partial charge < -0.3 is 15.2 Å². The number of ether oxygens (including phenoxy) is 1. The molecule has 112 valence electrons. The van der Waals surface area contributed by atoms with Crippen molar-refractivity contribution in [2.45, 2.75) is 25.9 Å². The van der Waals surface area contributed by atoms with E-state index < -0.39 is 0 Å². The largest absolute Gasteiger partial charge is 0.508 e. The molecule has 0 spiro atoms. The van der Waals surface area contributed by atoms with Crippen LogP contribution in [-0.2, 0) is 6.54 Å². The number of aromatic hydroxyl groups is 1. The van der Waals surface area contributed by atoms with Crippen molar-refractivity contribution in [1.82, 2.24) is 5.32 Å². The molecule has 0 aliphatic rings. The van der Waals surface area contributed by atoms with E-state index in [0.29, 0.717) is 11.6 Å². The van der Waals surface area contributed by atoms with Gasteiger partial charge in [0.1, 0.15) is 11.5 Å². The van der Waals surface area contributed by atoms with Crippen LogP contribution in [-0.4, -0.2) is 12.2 Å². The van der Waals surface area contributed by atoms with Gasteiger partial charge in [-0.1, -0.05) is 36.7 Å². The van der Waals surface area contributed by atoms with Gasteiger partial charge in [-0.15, -0.1) is 0 Å². The summed E-state index contributed by atoms with van der Waals surface area (Å²) in [6, 6.07) is 13.1. The number of halogens is 1. The molecule has 0 aromatic heterocycles. The van der Waals surface area contributed by atoms with E-state index in [2.05, 4.69) is 12.2 Å². The molecule has 0 radical (unpaired) electrons. The third-order valence-corrected chi connectivity index (χ3v) is 3.88. The van der Waals surface area contributed by atoms with Crippen LogP contribution in [0.1, 0.15) is 30.5 Å². The molecule has 0 aliphatic heterocycles. The van der Waals surface area contributed by atoms with E-state index in [0.717, 1.165) is 23.3 Å². The van der Waals surface area contributed by atoms with E-state index in [1.807, 2.05) is 30.3 Å². The first-order valence-electron chi connectivity index (χ1n) is 6.99. The summed E-state index contributed by atoms with van der Waals surface area (Å²) < 4.78 is 5.36. The molecule has 0 amide bonds. The highest BCUT2D eigenvalue weighted by Gasteiger charge is 2.12. The molecule has 0 saturated heterocycles. The molecular formula is C17H20ClNO2. The summed E-state index contributed by atoms with van der Waals surface area (Å²) in [6.45, 7) is 2.75. The Morgan fingerprint density at radius 2 is 1.90 bits per heavy atom. The van der Waals surface area contributed by atoms with E-state index in [-0.39, 0.29) is 11.8 Å². The molecule has 0 bridgehead atoms. The number of phenols is 1. The lowest BCUT2D eigenvalue weighted by atomic mass is 10.0. The van der Waals surface area contributed by atoms with Crippen molar-refractivity contribution in [3.8, 4) is 11.5 Å². The third kappa shape index (κ3) is 3.90. The topological polar surface area (TPSA) is 41.5 Å². The van der Waals surface area contributed by atoms with Gasteiger partial charge in [0, 0.05) is 23.2 Å². The first-order chi connectivity index (χ1) is 10.2. The second-order valence-corrected chi connectivity index (χ2v) is 5.26. The molecule has 0 aliphatic carbocycles. The Morgan fingerprint density at radius 3 is 2.52 bits per heavy atom. The summed E-state index contributed by atoms with van der Waals surface area (Å²) in [6.07, 6.45) is 0.942. The molecule has 2 N–H and O–H groups in total. The highest BCUT2D eigenvalue weighted by atomic mass is 35.5. The molecule has 2 aromatic carbocycles. The SMILES string of the molecule is CCC(NCc1c(Cl)cccc1OC)c1ccc(O)cc1. The number of rotatable bonds is 6. The average molecular weight is 306 g/mol. The number of methoxy groups -OCH3 is 1. The molecule has 3 nitrogen and oxygen atoms in total. The Kier molecular flexibility index (Phi) is 5.48. The lowest BCUT2D eigenvalue weighted by molar-refractivity contribution is 0.404. The van der Waals surface area contributed by atoms with Crippen LogP contribution in [0.2, 0.25) is 5.02 Å². The summed E-state index contributed by atoms with van der Waals surface area (Å²) in [5.74, 6) is 1.07. The predicted molar refractivity (Wildman–Crippen MR) is 86.0 cm³/mol. The van der Waals surface area contributed by atoms with Crippen LogP contribution in [0.4, 0.5) is 0 Å². The normalized spacial score (nSPS) is 12.1. The minimum atomic E-state index is 0.201. The first kappa shape index (κ1) is 15.7. The molecule has 2 rings (SSSR count). The van der Waals surface area contributed by atoms with Gasteiger partial charge in [-0.25, -0.2) is 0 Å². The molecule has 0 fully saturated rings. The molecule has 2 aromatic rings. The van der Waals surface area contributed by atoms with E-state index in [9.17, 15) is 5.11 Å². The van der Waals surface area contributed by atoms with Gasteiger partial charge in [-0.2, -0.15) is 0 Å². The summed E-state index contributed by atoms with van der Waals surface area (Å²) in [4.78, 5) is 0. The molecule has 4 heteroatoms. The van der Waals surface area contributed by atoms with Crippen LogP contribution in [0.15, 0.2) is 42.5 Å². The molecule has 1 unspecified atom stereocenters. The van der Waals surface area contributed by atoms with Crippen molar-refractivity contribution in [2.24, 2.45) is 0 Å². The monoisotopic (exact) mass is 305 g/mol. The van der Waals surface area contributed by atoms with E-state index in [1.54, 1.807) is 19.2 Å². The molecule has 0 saturated carbocycles. The summed E-state index contributed by atoms with van der Waals surface area (Å²) in [5.41, 5.74) is 2.10. The second kappa shape index (κ2) is 7.34. The molecule has 1 atom stereocenters. The fourth-order valence-electron chi connectivity index (χ4n) is 2.33. The zero-order chi connectivity index (χ0) is 15.2. The van der Waals surface area contributed by atoms with Crippen LogP contribution in [0.5, 0.6) is 11.5 Å². The van der Waals surface area contributed by atoms with Gasteiger partial charge >= 0.3 is 0 Å². The minimum absolute atomic E-state index is 0.201. The minimum Gasteiger partial charge on any atom is -0.508 e. The van der Waals surface area contributed by atoms with Gasteiger partial charge in [0.2, 0.25) is 0 Å². The number of benzene rings is 2. The number of nitrogens with one attached hydrogen (secondary N) is 1. The van der Waals surface area contributed by atoms with Crippen molar-refractivity contribution in [3.63, 3.8) is 0 Å². The van der Waals surface area contributed by atoms with Crippen molar-refractivity contribution >= 4 is 11.6 Å². The van der Waals surface area contributed by atoms with Crippen LogP contribution in [0.25, 0.3) is 0 Å². The Hall–Kier alpha value is -1.71. The average Bonchev–Trinajstić information content (AvgIpc) is 2.50. The van der Waals surface area contributed by atoms with Crippen LogP contribution in [0, 0.1) is 0 Å². The maximum atomic E-state index is 9.37. The second-order valence-electron chi connectivity index (χ2n) is 4.85. The van der Waals surface area contributed by atoms with Crippen molar-refractivity contribution < 1.29 is 9.84 Å². The van der Waals surface area contributed by atoms with Gasteiger partial charge in [-0.3, -0.25) is 0 Å². The number of hydrogen-bond donors (Lipinski definition) is 2. The lowest BCUT2D eigenvalue weighted by Gasteiger charge is -2.19.